The number of carboxylic acids is 2. The van der Waals surface area contributed by atoms with Crippen LogP contribution in [0.4, 0.5) is 0 Å². The van der Waals surface area contributed by atoms with Gasteiger partial charge in [-0.2, -0.15) is 35.3 Å². The molecule has 0 spiro atoms. The van der Waals surface area contributed by atoms with Crippen LogP contribution >= 0.6 is 35.3 Å². The van der Waals surface area contributed by atoms with E-state index in [4.69, 9.17) is 5.73 Å². The van der Waals surface area contributed by atoms with Crippen LogP contribution in [0.1, 0.15) is 94.5 Å². The number of carbonyl (C=O) groups is 14. The van der Waals surface area contributed by atoms with Crippen molar-refractivity contribution in [3.63, 3.8) is 0 Å². The Morgan fingerprint density at radius 2 is 1.07 bits per heavy atom. The fourth-order valence-corrected chi connectivity index (χ4v) is 15.7. The molecule has 1 fully saturated rings. The summed E-state index contributed by atoms with van der Waals surface area (Å²) in [5, 5.41) is 61.1. The van der Waals surface area contributed by atoms with Crippen molar-refractivity contribution >= 4 is 140 Å². The van der Waals surface area contributed by atoms with Crippen LogP contribution in [-0.4, -0.2) is 223 Å². The second-order valence-corrected chi connectivity index (χ2v) is 30.2. The van der Waals surface area contributed by atoms with E-state index < -0.39 is 193 Å². The number of primary amides is 1. The number of aliphatic carboxylic acids is 2. The van der Waals surface area contributed by atoms with Crippen LogP contribution < -0.4 is 64.2 Å². The van der Waals surface area contributed by atoms with Crippen molar-refractivity contribution in [3.05, 3.63) is 107 Å². The zero-order chi connectivity index (χ0) is 77.1. The second kappa shape index (κ2) is 38.5. The lowest BCUT2D eigenvalue weighted by Crippen LogP contribution is -2.62. The van der Waals surface area contributed by atoms with Gasteiger partial charge in [-0.1, -0.05) is 82.3 Å². The quantitative estimate of drug-likeness (QED) is 0.0662. The number of amides is 12. The van der Waals surface area contributed by atoms with E-state index in [9.17, 15) is 72.9 Å². The van der Waals surface area contributed by atoms with Gasteiger partial charge in [0.2, 0.25) is 70.9 Å². The number of para-hydroxylation sites is 2. The number of benzene rings is 3. The van der Waals surface area contributed by atoms with E-state index in [1.165, 1.54) is 56.2 Å². The molecule has 106 heavy (non-hydrogen) atoms. The maximum Gasteiger partial charge on any atom is 0.305 e. The van der Waals surface area contributed by atoms with Crippen molar-refractivity contribution < 1.29 is 82.4 Å². The van der Waals surface area contributed by atoms with Crippen LogP contribution in [0.2, 0.25) is 0 Å². The van der Waals surface area contributed by atoms with Crippen LogP contribution in [0, 0.1) is 11.8 Å². The molecule has 8 rings (SSSR count). The fraction of sp³-hybridized carbons (Fsp3) is 0.493. The van der Waals surface area contributed by atoms with E-state index in [0.29, 0.717) is 50.7 Å². The van der Waals surface area contributed by atoms with Gasteiger partial charge >= 0.3 is 11.9 Å². The van der Waals surface area contributed by atoms with Crippen molar-refractivity contribution in [1.29, 1.82) is 0 Å². The Bertz CT molecular complexity index is 4070. The van der Waals surface area contributed by atoms with E-state index in [1.54, 1.807) is 74.8 Å². The first-order valence-electron chi connectivity index (χ1n) is 34.8. The minimum absolute atomic E-state index is 0.0377. The Morgan fingerprint density at radius 1 is 0.557 bits per heavy atom. The highest BCUT2D eigenvalue weighted by Gasteiger charge is 2.42. The summed E-state index contributed by atoms with van der Waals surface area (Å²) in [4.78, 5) is 205. The smallest absolute Gasteiger partial charge is 0.305 e. The number of carboxylic acid groups (broad SMARTS) is 2. The van der Waals surface area contributed by atoms with Crippen LogP contribution in [0.25, 0.3) is 21.8 Å². The summed E-state index contributed by atoms with van der Waals surface area (Å²) in [6.07, 6.45) is -0.462. The Kier molecular flexibility index (Phi) is 29.8. The van der Waals surface area contributed by atoms with Gasteiger partial charge in [0.25, 0.3) is 0 Å². The van der Waals surface area contributed by atoms with Crippen LogP contribution in [0.5, 0.6) is 0 Å². The molecule has 3 aromatic carbocycles. The molecule has 0 saturated carbocycles. The average Bonchev–Trinajstić information content (AvgIpc) is 1.64. The van der Waals surface area contributed by atoms with E-state index >= 15 is 9.59 Å². The molecule has 3 aliphatic heterocycles. The third-order valence-corrected chi connectivity index (χ3v) is 21.6. The number of hydrogen-bond acceptors (Lipinski definition) is 19. The SMILES string of the molecule is CN[C@H]1CSCc2cc3cc(c2)CSC[C@H](NC(=O)[C@H](CCC(=O)O)NC(=O)[C@H]([C@@H](C)O)NC1=O)C(=O)N[C@@H](Cc1c[nH]c2ccccc12)C(=O)N[C@@H](C(C)C)C(=O)N[C@@H](CC(=O)O)C(=O)NCC(=O)N[C@@H](Cc1c[nH]c2ccccc12)C(=O)N[C@@H](C(C)C)C(=O)N1CCC[C@H]1C(=O)N[C@H](C(N)=O)CSC3. The number of likely N-dealkylation sites (N-methyl/N-ethyl adjacent to an activating group) is 1. The Labute approximate surface area is 623 Å². The highest BCUT2D eigenvalue weighted by atomic mass is 32.2. The summed E-state index contributed by atoms with van der Waals surface area (Å²) < 4.78 is 0. The molecular weight excluding hydrogens is 1430 g/mol. The maximum atomic E-state index is 15.3. The summed E-state index contributed by atoms with van der Waals surface area (Å²) in [5.41, 5.74) is 10.6. The Hall–Kier alpha value is -9.71. The minimum Gasteiger partial charge on any atom is -0.481 e. The normalized spacial score (nSPS) is 25.1. The number of carbonyl (C=O) groups excluding carboxylic acids is 12. The number of fused-ring (bicyclic) bond motifs is 8. The fourth-order valence-electron chi connectivity index (χ4n) is 12.6. The topological polar surface area (TPSA) is 493 Å². The molecule has 12 amide bonds. The zero-order valence-electron chi connectivity index (χ0n) is 59.5. The van der Waals surface area contributed by atoms with Gasteiger partial charge in [0, 0.05) is 94.5 Å². The van der Waals surface area contributed by atoms with Crippen LogP contribution in [-0.2, 0) is 97.2 Å². The van der Waals surface area contributed by atoms with E-state index in [0.717, 1.165) is 22.9 Å². The van der Waals surface area contributed by atoms with Gasteiger partial charge in [-0.3, -0.25) is 67.1 Å². The number of thioether (sulfide) groups is 3. The van der Waals surface area contributed by atoms with Crippen LogP contribution in [0.3, 0.4) is 0 Å². The molecule has 572 valence electrons. The standard InChI is InChI=1S/C71H93N15O17S3/c1-35(2)58-69(101)80-50(25-57(91)92)62(94)76-28-55(88)77-48(23-41-26-74-45-14-9-7-12-43(41)45)64(96)84-59(36(3)4)71(103)86-19-11-16-54(86)68(100)81-51(61(72)93)32-104-29-38-20-39-22-40(21-38)31-106-34-53(67(99)79-49(65(97)83-58)24-42-27-75-46-15-10-8-13-44(42)46)82-63(95)47(17-18-56(89)90)78-70(102)60(37(5)87)85-66(98)52(73-6)33-105-30-39/h7-10,12-15,20-22,26-27,35-37,47-54,58-60,73-75,87H,11,16-19,23-25,28-34H2,1-6H3,(H2,72,93)(H,76,94)(H,77,88)(H,78,102)(H,79,99)(H,80,101)(H,81,100)(H,82,95)(H,83,97)(H,84,96)(H,85,98)(H,89,90)(H,91,92)/t37-,47+,48+,49+,50+,51+,52+,53+,54+,58+,59+,60+/m1/s1. The van der Waals surface area contributed by atoms with Gasteiger partial charge in [-0.05, 0) is 85.0 Å². The summed E-state index contributed by atoms with van der Waals surface area (Å²) in [7, 11) is 1.52. The minimum atomic E-state index is -1.90. The molecule has 4 bridgehead atoms. The molecule has 0 radical (unpaired) electrons. The van der Waals surface area contributed by atoms with Crippen LogP contribution in [0.15, 0.2) is 79.1 Å². The Morgan fingerprint density at radius 3 is 1.61 bits per heavy atom. The zero-order valence-corrected chi connectivity index (χ0v) is 62.0. The van der Waals surface area contributed by atoms with E-state index in [2.05, 4.69) is 68.5 Å². The maximum absolute atomic E-state index is 15.3. The third kappa shape index (κ3) is 22.7. The van der Waals surface area contributed by atoms with Crippen molar-refractivity contribution in [2.45, 2.75) is 169 Å². The van der Waals surface area contributed by atoms with Gasteiger partial charge in [0.1, 0.15) is 60.4 Å². The molecule has 5 aromatic rings. The number of aromatic nitrogens is 2. The van der Waals surface area contributed by atoms with Crippen molar-refractivity contribution in [2.24, 2.45) is 17.6 Å². The summed E-state index contributed by atoms with van der Waals surface area (Å²) in [6, 6.07) is 3.75. The van der Waals surface area contributed by atoms with Crippen molar-refractivity contribution in [3.8, 4) is 0 Å². The number of H-pyrrole nitrogens is 2. The number of nitrogens with one attached hydrogen (secondary N) is 13. The number of aliphatic hydroxyl groups excluding tert-OH is 1. The number of aromatic amines is 2. The number of hydrogen-bond donors (Lipinski definition) is 17. The molecule has 3 aliphatic rings. The van der Waals surface area contributed by atoms with Crippen molar-refractivity contribution in [1.82, 2.24) is 73.4 Å². The number of aliphatic hydroxyl groups is 1. The molecule has 5 heterocycles. The number of nitrogens with two attached hydrogens (primary N) is 1. The van der Waals surface area contributed by atoms with Crippen molar-refractivity contribution in [2.75, 3.05) is 37.4 Å². The van der Waals surface area contributed by atoms with Gasteiger partial charge in [0.05, 0.1) is 25.1 Å². The molecule has 35 heteroatoms. The summed E-state index contributed by atoms with van der Waals surface area (Å²) in [6.45, 7) is 6.88. The predicted octanol–water partition coefficient (Wildman–Crippen LogP) is -0.563. The molecule has 2 aromatic heterocycles. The first kappa shape index (κ1) is 82.0. The van der Waals surface area contributed by atoms with Gasteiger partial charge < -0.3 is 94.4 Å². The van der Waals surface area contributed by atoms with E-state index in [-0.39, 0.29) is 54.6 Å². The lowest BCUT2D eigenvalue weighted by atomic mass is 9.99. The lowest BCUT2D eigenvalue weighted by molar-refractivity contribution is -0.143. The second-order valence-electron chi connectivity index (χ2n) is 27.1. The molecule has 32 nitrogen and oxygen atoms in total. The number of rotatable bonds is 14. The van der Waals surface area contributed by atoms with Gasteiger partial charge in [-0.25, -0.2) is 0 Å². The molecule has 12 atom stereocenters. The first-order valence-corrected chi connectivity index (χ1v) is 38.3. The predicted molar refractivity (Wildman–Crippen MR) is 397 cm³/mol. The Balaban J connectivity index is 1.19. The molecule has 0 aliphatic carbocycles. The summed E-state index contributed by atoms with van der Waals surface area (Å²) in [5.74, 6) is -14.8. The van der Waals surface area contributed by atoms with Gasteiger partial charge in [0.15, 0.2) is 0 Å². The molecule has 0 unspecified atom stereocenters. The molecule has 1 saturated heterocycles. The van der Waals surface area contributed by atoms with Gasteiger partial charge in [-0.15, -0.1) is 0 Å². The molecular formula is C71H93N15O17S3. The monoisotopic (exact) mass is 1520 g/mol. The largest absolute Gasteiger partial charge is 0.481 e. The highest BCUT2D eigenvalue weighted by molar-refractivity contribution is 7.99. The highest BCUT2D eigenvalue weighted by Crippen LogP contribution is 2.27. The summed E-state index contributed by atoms with van der Waals surface area (Å²) >= 11 is 3.76. The van der Waals surface area contributed by atoms with E-state index in [1.807, 2.05) is 18.2 Å². The average molecular weight is 1520 g/mol. The number of nitrogens with zero attached hydrogens (tertiary/aromatic N) is 1. The third-order valence-electron chi connectivity index (χ3n) is 18.3. The lowest BCUT2D eigenvalue weighted by Gasteiger charge is -2.32. The first-order chi connectivity index (χ1) is 50.5. The molecule has 18 N–H and O–H groups in total.